The van der Waals surface area contributed by atoms with Gasteiger partial charge in [-0.25, -0.2) is 24.3 Å². The average Bonchev–Trinajstić information content (AvgIpc) is 3.64. The van der Waals surface area contributed by atoms with Crippen molar-refractivity contribution in [3.8, 4) is 0 Å². The van der Waals surface area contributed by atoms with Crippen molar-refractivity contribution >= 4 is 24.1 Å². The highest BCUT2D eigenvalue weighted by Crippen LogP contribution is 2.24. The maximum absolute atomic E-state index is 14.4. The fourth-order valence-electron chi connectivity index (χ4n) is 6.66. The molecule has 0 aliphatic carbocycles. The van der Waals surface area contributed by atoms with Crippen molar-refractivity contribution in [2.24, 2.45) is 11.3 Å². The van der Waals surface area contributed by atoms with E-state index in [4.69, 9.17) is 9.15 Å². The Kier molecular flexibility index (Phi) is 14.8. The molecule has 1 aliphatic rings. The third-order valence-corrected chi connectivity index (χ3v) is 9.80. The lowest BCUT2D eigenvalue weighted by atomic mass is 9.95. The number of amides is 6. The third kappa shape index (κ3) is 12.0. The van der Waals surface area contributed by atoms with E-state index in [9.17, 15) is 24.3 Å². The third-order valence-electron chi connectivity index (χ3n) is 9.80. The monoisotopic (exact) mass is 761 g/mol. The number of aliphatic hydroxyl groups is 1. The summed E-state index contributed by atoms with van der Waals surface area (Å²) in [6.45, 7) is 16.4. The molecule has 14 heteroatoms. The Hall–Kier alpha value is -4.95. The van der Waals surface area contributed by atoms with Crippen molar-refractivity contribution in [2.45, 2.75) is 99.5 Å². The molecule has 55 heavy (non-hydrogen) atoms. The molecule has 3 aromatic rings. The van der Waals surface area contributed by atoms with Crippen LogP contribution in [-0.4, -0.2) is 105 Å². The Labute approximate surface area is 325 Å². The number of aromatic nitrogens is 1. The number of carbonyl (C=O) groups excluding carboxylic acids is 4. The Balaban J connectivity index is 1.60. The Morgan fingerprint density at radius 1 is 1.05 bits per heavy atom. The molecule has 0 radical (unpaired) electrons. The van der Waals surface area contributed by atoms with Crippen LogP contribution < -0.4 is 10.7 Å². The maximum Gasteiger partial charge on any atom is 0.417 e. The number of rotatable bonds is 16. The van der Waals surface area contributed by atoms with Gasteiger partial charge in [0.1, 0.15) is 17.6 Å². The van der Waals surface area contributed by atoms with E-state index in [0.717, 1.165) is 27.4 Å². The van der Waals surface area contributed by atoms with E-state index in [0.29, 0.717) is 37.6 Å². The largest absolute Gasteiger partial charge is 0.465 e. The maximum atomic E-state index is 14.4. The van der Waals surface area contributed by atoms with Crippen molar-refractivity contribution in [3.63, 3.8) is 0 Å². The van der Waals surface area contributed by atoms with E-state index in [1.165, 1.54) is 12.1 Å². The number of nitrogens with one attached hydrogen (secondary N) is 2. The summed E-state index contributed by atoms with van der Waals surface area (Å²) in [5, 5.41) is 16.6. The molecule has 3 N–H and O–H groups in total. The summed E-state index contributed by atoms with van der Waals surface area (Å²) in [5.74, 6) is 0.666. The number of hydrogen-bond acceptors (Lipinski definition) is 9. The molecular formula is C41H59N7O7. The quantitative estimate of drug-likeness (QED) is 0.158. The van der Waals surface area contributed by atoms with Crippen LogP contribution in [-0.2, 0) is 29.0 Å². The molecule has 1 fully saturated rings. The SMILES string of the molecule is CCC(C)C(C(=O)NC(Cc1ccccc1)C(O)CN(Cc1cc(C)c(C)o1)NC(=O)N(CC(C)(C)C)C(=O)OC)N1CCN(Cc2cccc(C)n2)C1=O. The van der Waals surface area contributed by atoms with Crippen LogP contribution in [0.3, 0.4) is 0 Å². The number of aryl methyl sites for hydroxylation is 3. The van der Waals surface area contributed by atoms with Gasteiger partial charge in [-0.05, 0) is 67.9 Å². The Morgan fingerprint density at radius 3 is 2.36 bits per heavy atom. The summed E-state index contributed by atoms with van der Waals surface area (Å²) >= 11 is 0. The summed E-state index contributed by atoms with van der Waals surface area (Å²) in [6, 6.07) is 14.4. The van der Waals surface area contributed by atoms with Gasteiger partial charge < -0.3 is 29.4 Å². The average molecular weight is 762 g/mol. The van der Waals surface area contributed by atoms with Crippen LogP contribution in [0, 0.1) is 32.1 Å². The van der Waals surface area contributed by atoms with E-state index < -0.39 is 35.7 Å². The molecule has 0 spiro atoms. The molecule has 2 aromatic heterocycles. The summed E-state index contributed by atoms with van der Waals surface area (Å²) in [4.78, 5) is 63.5. The van der Waals surface area contributed by atoms with Gasteiger partial charge in [-0.15, -0.1) is 0 Å². The van der Waals surface area contributed by atoms with Crippen LogP contribution in [0.25, 0.3) is 0 Å². The topological polar surface area (TPSA) is 161 Å². The molecule has 1 aromatic carbocycles. The molecule has 0 saturated carbocycles. The number of imide groups is 1. The molecule has 6 amide bonds. The minimum atomic E-state index is -1.23. The second-order valence-electron chi connectivity index (χ2n) is 15.7. The predicted molar refractivity (Wildman–Crippen MR) is 209 cm³/mol. The normalized spacial score (nSPS) is 15.4. The first-order valence-corrected chi connectivity index (χ1v) is 19.0. The Bertz CT molecular complexity index is 1740. The molecule has 4 rings (SSSR count). The lowest BCUT2D eigenvalue weighted by Crippen LogP contribution is -2.59. The highest BCUT2D eigenvalue weighted by Gasteiger charge is 2.41. The van der Waals surface area contributed by atoms with Crippen molar-refractivity contribution in [3.05, 3.63) is 88.6 Å². The summed E-state index contributed by atoms with van der Waals surface area (Å²) < 4.78 is 10.9. The smallest absolute Gasteiger partial charge is 0.417 e. The van der Waals surface area contributed by atoms with E-state index in [2.05, 4.69) is 15.7 Å². The van der Waals surface area contributed by atoms with Gasteiger partial charge in [0.25, 0.3) is 0 Å². The van der Waals surface area contributed by atoms with E-state index in [1.807, 2.05) is 110 Å². The van der Waals surface area contributed by atoms with Gasteiger partial charge in [-0.2, -0.15) is 0 Å². The number of nitrogens with zero attached hydrogens (tertiary/aromatic N) is 5. The number of urea groups is 2. The second-order valence-corrected chi connectivity index (χ2v) is 15.7. The standard InChI is InChI=1S/C41H59N7O7/c1-10-27(2)36(47-20-19-45(39(47)52)23-32-18-14-15-29(4)42-32)37(50)43-34(22-31-16-12-11-13-17-31)35(49)25-46(24-33-21-28(3)30(5)55-33)44-38(51)48(40(53)54-9)26-41(6,7)8/h11-18,21,27,34-36,49H,10,19-20,22-26H2,1-9H3,(H,43,50)(H,44,51). The first kappa shape index (κ1) is 42.8. The predicted octanol–water partition coefficient (Wildman–Crippen LogP) is 5.58. The minimum Gasteiger partial charge on any atom is -0.465 e. The first-order valence-electron chi connectivity index (χ1n) is 19.0. The zero-order valence-corrected chi connectivity index (χ0v) is 33.8. The van der Waals surface area contributed by atoms with Crippen LogP contribution >= 0.6 is 0 Å². The molecule has 0 bridgehead atoms. The van der Waals surface area contributed by atoms with Gasteiger partial charge in [0, 0.05) is 31.9 Å². The number of benzene rings is 1. The molecule has 1 aliphatic heterocycles. The summed E-state index contributed by atoms with van der Waals surface area (Å²) in [6.07, 6.45) is -1.15. The number of carbonyl (C=O) groups is 4. The number of methoxy groups -OCH3 is 1. The van der Waals surface area contributed by atoms with Gasteiger partial charge in [-0.3, -0.25) is 15.2 Å². The number of aliphatic hydroxyl groups excluding tert-OH is 1. The van der Waals surface area contributed by atoms with Crippen molar-refractivity contribution in [1.82, 2.24) is 35.4 Å². The molecule has 300 valence electrons. The zero-order valence-electron chi connectivity index (χ0n) is 33.8. The molecule has 4 atom stereocenters. The highest BCUT2D eigenvalue weighted by molar-refractivity contribution is 5.90. The number of pyridine rings is 1. The Morgan fingerprint density at radius 2 is 1.76 bits per heavy atom. The van der Waals surface area contributed by atoms with Gasteiger partial charge in [0.2, 0.25) is 5.91 Å². The van der Waals surface area contributed by atoms with Crippen LogP contribution in [0.5, 0.6) is 0 Å². The van der Waals surface area contributed by atoms with Gasteiger partial charge in [-0.1, -0.05) is 77.4 Å². The molecular weight excluding hydrogens is 702 g/mol. The number of furan rings is 1. The molecule has 1 saturated heterocycles. The van der Waals surface area contributed by atoms with Gasteiger partial charge >= 0.3 is 18.2 Å². The number of hydrazine groups is 1. The first-order chi connectivity index (χ1) is 26.0. The molecule has 3 heterocycles. The van der Waals surface area contributed by atoms with Crippen LogP contribution in [0.4, 0.5) is 14.4 Å². The number of ether oxygens (including phenoxy) is 1. The molecule has 4 unspecified atom stereocenters. The summed E-state index contributed by atoms with van der Waals surface area (Å²) in [7, 11) is 1.21. The zero-order chi connectivity index (χ0) is 40.4. The van der Waals surface area contributed by atoms with Crippen molar-refractivity contribution in [2.75, 3.05) is 33.3 Å². The van der Waals surface area contributed by atoms with Gasteiger partial charge in [0.05, 0.1) is 38.0 Å². The lowest BCUT2D eigenvalue weighted by molar-refractivity contribution is -0.128. The van der Waals surface area contributed by atoms with E-state index >= 15 is 0 Å². The fourth-order valence-corrected chi connectivity index (χ4v) is 6.66. The van der Waals surface area contributed by atoms with E-state index in [-0.39, 0.29) is 43.9 Å². The fraction of sp³-hybridized carbons (Fsp3) is 0.537. The number of hydrogen-bond donors (Lipinski definition) is 3. The second kappa shape index (κ2) is 19.1. The van der Waals surface area contributed by atoms with Crippen LogP contribution in [0.15, 0.2) is 59.0 Å². The van der Waals surface area contributed by atoms with Crippen molar-refractivity contribution in [1.29, 1.82) is 0 Å². The van der Waals surface area contributed by atoms with E-state index in [1.54, 1.807) is 9.80 Å². The van der Waals surface area contributed by atoms with Gasteiger partial charge in [0.15, 0.2) is 0 Å². The minimum absolute atomic E-state index is 0.0530. The lowest BCUT2D eigenvalue weighted by Gasteiger charge is -2.35. The summed E-state index contributed by atoms with van der Waals surface area (Å²) in [5.41, 5.74) is 5.77. The van der Waals surface area contributed by atoms with Crippen molar-refractivity contribution < 1.29 is 33.4 Å². The van der Waals surface area contributed by atoms with Crippen LogP contribution in [0.1, 0.15) is 75.1 Å². The van der Waals surface area contributed by atoms with Crippen LogP contribution in [0.2, 0.25) is 0 Å². The molecule has 14 nitrogen and oxygen atoms in total. The highest BCUT2D eigenvalue weighted by atomic mass is 16.5.